The second kappa shape index (κ2) is 8.53. The van der Waals surface area contributed by atoms with Crippen LogP contribution in [0.1, 0.15) is 0 Å². The summed E-state index contributed by atoms with van der Waals surface area (Å²) in [7, 11) is 0. The van der Waals surface area contributed by atoms with Gasteiger partial charge >= 0.3 is 11.6 Å². The number of anilines is 2. The van der Waals surface area contributed by atoms with Crippen LogP contribution >= 0.6 is 39.7 Å². The van der Waals surface area contributed by atoms with Crippen molar-refractivity contribution in [1.29, 1.82) is 0 Å². The number of para-hydroxylation sites is 1. The van der Waals surface area contributed by atoms with Crippen LogP contribution in [0.15, 0.2) is 57.7 Å². The molecular weight excluding hydrogens is 440 g/mol. The van der Waals surface area contributed by atoms with Gasteiger partial charge in [0.15, 0.2) is 5.11 Å². The van der Waals surface area contributed by atoms with Gasteiger partial charge in [0.25, 0.3) is 0 Å². The molecule has 0 radical (unpaired) electrons. The number of nitrogens with one attached hydrogen (secondary N) is 2. The highest BCUT2D eigenvalue weighted by Crippen LogP contribution is 2.31. The Morgan fingerprint density at radius 3 is 2.58 bits per heavy atom. The lowest BCUT2D eigenvalue weighted by Gasteiger charge is -2.12. The molecule has 3 aromatic rings. The van der Waals surface area contributed by atoms with Gasteiger partial charge in [0.2, 0.25) is 0 Å². The van der Waals surface area contributed by atoms with Crippen LogP contribution in [0.3, 0.4) is 0 Å². The predicted octanol–water partition coefficient (Wildman–Crippen LogP) is 5.03. The third kappa shape index (κ3) is 4.35. The van der Waals surface area contributed by atoms with Crippen molar-refractivity contribution in [1.82, 2.24) is 0 Å². The van der Waals surface area contributed by atoms with Crippen molar-refractivity contribution in [2.75, 3.05) is 22.6 Å². The van der Waals surface area contributed by atoms with E-state index < -0.39 is 5.63 Å². The van der Waals surface area contributed by atoms with E-state index >= 15 is 0 Å². The molecule has 3 rings (SSSR count). The highest BCUT2D eigenvalue weighted by molar-refractivity contribution is 9.09. The number of benzene rings is 2. The van der Waals surface area contributed by atoms with Crippen LogP contribution in [0, 0.1) is 0 Å². The molecule has 2 aromatic carbocycles. The molecule has 5 nitrogen and oxygen atoms in total. The maximum absolute atomic E-state index is 12.3. The van der Waals surface area contributed by atoms with Crippen molar-refractivity contribution in [2.24, 2.45) is 0 Å². The molecule has 0 fully saturated rings. The first-order valence-corrected chi connectivity index (χ1v) is 9.57. The topological polar surface area (TPSA) is 63.5 Å². The molecule has 8 heteroatoms. The monoisotopic (exact) mass is 452 g/mol. The van der Waals surface area contributed by atoms with E-state index in [-0.39, 0.29) is 11.0 Å². The van der Waals surface area contributed by atoms with Crippen LogP contribution in [-0.4, -0.2) is 17.0 Å². The molecule has 0 spiro atoms. The summed E-state index contributed by atoms with van der Waals surface area (Å²) in [6, 6.07) is 14.7. The van der Waals surface area contributed by atoms with Crippen molar-refractivity contribution in [3.05, 3.63) is 64.0 Å². The number of hydrogen-bond donors (Lipinski definition) is 2. The van der Waals surface area contributed by atoms with E-state index in [2.05, 4.69) is 26.6 Å². The Labute approximate surface area is 168 Å². The van der Waals surface area contributed by atoms with E-state index in [1.54, 1.807) is 18.2 Å². The lowest BCUT2D eigenvalue weighted by molar-refractivity contribution is 0.249. The van der Waals surface area contributed by atoms with Crippen LogP contribution in [0.5, 0.6) is 5.95 Å². The smallest absolute Gasteiger partial charge is 0.346 e. The minimum atomic E-state index is -0.528. The summed E-state index contributed by atoms with van der Waals surface area (Å²) in [5.74, 6) is 0.0191. The summed E-state index contributed by atoms with van der Waals surface area (Å²) in [5, 5.41) is 8.26. The van der Waals surface area contributed by atoms with E-state index in [9.17, 15) is 4.79 Å². The molecule has 2 N–H and O–H groups in total. The molecule has 134 valence electrons. The molecule has 0 saturated heterocycles. The molecule has 0 atom stereocenters. The molecule has 1 heterocycles. The zero-order valence-corrected chi connectivity index (χ0v) is 16.6. The number of thiocarbonyl (C=S) groups is 1. The molecule has 0 amide bonds. The minimum Gasteiger partial charge on any atom is -0.463 e. The fraction of sp³-hybridized carbons (Fsp3) is 0.111. The zero-order chi connectivity index (χ0) is 18.5. The Balaban J connectivity index is 1.84. The van der Waals surface area contributed by atoms with Crippen LogP contribution < -0.4 is 21.0 Å². The summed E-state index contributed by atoms with van der Waals surface area (Å²) in [6.07, 6.45) is 0. The third-order valence-corrected chi connectivity index (χ3v) is 4.33. The molecule has 0 aliphatic rings. The van der Waals surface area contributed by atoms with Gasteiger partial charge < -0.3 is 19.8 Å². The SMILES string of the molecule is O=c1oc(OCCBr)c(Cl)c2ccc(NC(=S)Nc3ccccc3)cc12. The number of ether oxygens (including phenoxy) is 1. The van der Waals surface area contributed by atoms with Crippen molar-refractivity contribution in [3.8, 4) is 5.95 Å². The van der Waals surface area contributed by atoms with E-state index in [1.165, 1.54) is 0 Å². The minimum absolute atomic E-state index is 0.0191. The van der Waals surface area contributed by atoms with Crippen LogP contribution in [0.2, 0.25) is 5.02 Å². The maximum Gasteiger partial charge on any atom is 0.346 e. The van der Waals surface area contributed by atoms with Crippen LogP contribution in [0.4, 0.5) is 11.4 Å². The van der Waals surface area contributed by atoms with Gasteiger partial charge in [-0.15, -0.1) is 0 Å². The van der Waals surface area contributed by atoms with Gasteiger partial charge in [-0.05, 0) is 36.5 Å². The first kappa shape index (κ1) is 18.7. The fourth-order valence-electron chi connectivity index (χ4n) is 2.32. The number of hydrogen-bond acceptors (Lipinski definition) is 4. The highest BCUT2D eigenvalue weighted by Gasteiger charge is 2.14. The van der Waals surface area contributed by atoms with Gasteiger partial charge in [-0.25, -0.2) is 4.79 Å². The average molecular weight is 454 g/mol. The second-order valence-electron chi connectivity index (χ2n) is 5.23. The zero-order valence-electron chi connectivity index (χ0n) is 13.4. The second-order valence-corrected chi connectivity index (χ2v) is 6.81. The first-order chi connectivity index (χ1) is 12.6. The molecule has 1 aromatic heterocycles. The largest absolute Gasteiger partial charge is 0.463 e. The Morgan fingerprint density at radius 2 is 1.85 bits per heavy atom. The molecule has 0 bridgehead atoms. The summed E-state index contributed by atoms with van der Waals surface area (Å²) >= 11 is 14.8. The number of rotatable bonds is 5. The predicted molar refractivity (Wildman–Crippen MR) is 113 cm³/mol. The number of halogens is 2. The van der Waals surface area contributed by atoms with Gasteiger partial charge in [-0.2, -0.15) is 0 Å². The van der Waals surface area contributed by atoms with Gasteiger partial charge in [-0.1, -0.05) is 51.8 Å². The van der Waals surface area contributed by atoms with E-state index in [0.29, 0.717) is 33.5 Å². The molecular formula is C18H14BrClN2O3S. The quantitative estimate of drug-likeness (QED) is 0.417. The van der Waals surface area contributed by atoms with Crippen molar-refractivity contribution in [3.63, 3.8) is 0 Å². The number of fused-ring (bicyclic) bond motifs is 1. The fourth-order valence-corrected chi connectivity index (χ4v) is 2.97. The Kier molecular flexibility index (Phi) is 6.13. The van der Waals surface area contributed by atoms with Crippen molar-refractivity contribution >= 4 is 67.0 Å². The maximum atomic E-state index is 12.3. The van der Waals surface area contributed by atoms with E-state index in [0.717, 1.165) is 5.69 Å². The molecule has 0 unspecified atom stereocenters. The summed E-state index contributed by atoms with van der Waals surface area (Å²) < 4.78 is 10.5. The van der Waals surface area contributed by atoms with E-state index in [4.69, 9.17) is 33.0 Å². The standard InChI is InChI=1S/C18H14BrClN2O3S/c19-8-9-24-17-15(20)13-7-6-12(10-14(13)16(23)25-17)22-18(26)21-11-4-2-1-3-5-11/h1-7,10H,8-9H2,(H2,21,22,26). The lowest BCUT2D eigenvalue weighted by atomic mass is 10.1. The average Bonchev–Trinajstić information content (AvgIpc) is 2.64. The lowest BCUT2D eigenvalue weighted by Crippen LogP contribution is -2.19. The molecule has 26 heavy (non-hydrogen) atoms. The third-order valence-electron chi connectivity index (χ3n) is 3.44. The number of alkyl halides is 1. The molecule has 0 aliphatic heterocycles. The van der Waals surface area contributed by atoms with Gasteiger partial charge in [0.05, 0.1) is 5.39 Å². The van der Waals surface area contributed by atoms with Gasteiger partial charge in [-0.3, -0.25) is 0 Å². The highest BCUT2D eigenvalue weighted by atomic mass is 79.9. The molecule has 0 aliphatic carbocycles. The molecule has 0 saturated carbocycles. The first-order valence-electron chi connectivity index (χ1n) is 7.66. The van der Waals surface area contributed by atoms with E-state index in [1.807, 2.05) is 30.3 Å². The van der Waals surface area contributed by atoms with Gasteiger partial charge in [0.1, 0.15) is 11.6 Å². The Hall–Kier alpha value is -2.09. The summed E-state index contributed by atoms with van der Waals surface area (Å²) in [6.45, 7) is 0.341. The van der Waals surface area contributed by atoms with Gasteiger partial charge in [0, 0.05) is 22.1 Å². The Bertz CT molecular complexity index is 995. The van der Waals surface area contributed by atoms with Crippen molar-refractivity contribution < 1.29 is 9.15 Å². The summed E-state index contributed by atoms with van der Waals surface area (Å²) in [4.78, 5) is 12.3. The summed E-state index contributed by atoms with van der Waals surface area (Å²) in [5.41, 5.74) is 0.977. The van der Waals surface area contributed by atoms with Crippen LogP contribution in [0.25, 0.3) is 10.8 Å². The normalized spacial score (nSPS) is 10.5. The Morgan fingerprint density at radius 1 is 1.12 bits per heavy atom. The van der Waals surface area contributed by atoms with Crippen LogP contribution in [-0.2, 0) is 0 Å². The van der Waals surface area contributed by atoms with Crippen molar-refractivity contribution in [2.45, 2.75) is 0 Å².